The van der Waals surface area contributed by atoms with Crippen LogP contribution in [0.5, 0.6) is 0 Å². The van der Waals surface area contributed by atoms with Crippen molar-refractivity contribution < 1.29 is 4.74 Å². The monoisotopic (exact) mass is 633 g/mol. The standard InChI is InChI=1S/C45H35N3O/c1-31-19-26-36(27-20-31)48-43-18-10-9-17-41(43)42-29-35(25-28-44(42)48)38-14-6-8-16-40(38)39-15-7-5-13-37(39)33-23-21-32(22-24-33)30-49-45(47-46)34-11-3-2-4-12-34/h2-29H,30,46H2,1H3/b47-45-. The Kier molecular flexibility index (Phi) is 7.96. The van der Waals surface area contributed by atoms with Crippen LogP contribution >= 0.6 is 0 Å². The van der Waals surface area contributed by atoms with Crippen molar-refractivity contribution in [2.45, 2.75) is 13.5 Å². The van der Waals surface area contributed by atoms with E-state index in [9.17, 15) is 0 Å². The number of aryl methyl sites for hydroxylation is 1. The minimum absolute atomic E-state index is 0.373. The SMILES string of the molecule is Cc1ccc(-n2c3ccccc3c3cc(-c4ccccc4-c4ccccc4-c4ccc(CO/C(=N\N)c5ccccc5)cc4)ccc32)cc1. The van der Waals surface area contributed by atoms with Crippen LogP contribution in [0.1, 0.15) is 16.7 Å². The number of nitrogens with two attached hydrogens (primary N) is 1. The third kappa shape index (κ3) is 5.74. The Morgan fingerprint density at radius 3 is 1.82 bits per heavy atom. The minimum Gasteiger partial charge on any atom is -0.471 e. The summed E-state index contributed by atoms with van der Waals surface area (Å²) < 4.78 is 8.35. The molecule has 0 aliphatic rings. The fraction of sp³-hybridized carbons (Fsp3) is 0.0444. The van der Waals surface area contributed by atoms with Gasteiger partial charge in [0.25, 0.3) is 0 Å². The number of hydrazone groups is 1. The number of benzene rings is 7. The lowest BCUT2D eigenvalue weighted by molar-refractivity contribution is 0.292. The minimum atomic E-state index is 0.373. The maximum Gasteiger partial charge on any atom is 0.237 e. The third-order valence-electron chi connectivity index (χ3n) is 9.20. The number of ether oxygens (including phenoxy) is 1. The number of fused-ring (bicyclic) bond motifs is 3. The zero-order chi connectivity index (χ0) is 33.2. The third-order valence-corrected chi connectivity index (χ3v) is 9.20. The Morgan fingerprint density at radius 1 is 0.551 bits per heavy atom. The van der Waals surface area contributed by atoms with E-state index in [1.54, 1.807) is 0 Å². The summed E-state index contributed by atoms with van der Waals surface area (Å²) >= 11 is 0. The molecule has 0 saturated carbocycles. The van der Waals surface area contributed by atoms with Gasteiger partial charge in [-0.1, -0.05) is 133 Å². The summed E-state index contributed by atoms with van der Waals surface area (Å²) in [6, 6.07) is 59.9. The summed E-state index contributed by atoms with van der Waals surface area (Å²) in [6.07, 6.45) is 0. The maximum absolute atomic E-state index is 5.98. The molecule has 2 N–H and O–H groups in total. The number of hydrogen-bond acceptors (Lipinski definition) is 3. The summed E-state index contributed by atoms with van der Waals surface area (Å²) in [5.41, 5.74) is 13.8. The average molecular weight is 634 g/mol. The molecule has 0 radical (unpaired) electrons. The topological polar surface area (TPSA) is 52.5 Å². The molecule has 236 valence electrons. The van der Waals surface area contributed by atoms with Crippen molar-refractivity contribution in [3.8, 4) is 39.1 Å². The highest BCUT2D eigenvalue weighted by Gasteiger charge is 2.16. The first kappa shape index (κ1) is 30.0. The van der Waals surface area contributed by atoms with Crippen LogP contribution in [0.25, 0.3) is 60.9 Å². The molecule has 0 saturated heterocycles. The van der Waals surface area contributed by atoms with Crippen LogP contribution in [0.4, 0.5) is 0 Å². The van der Waals surface area contributed by atoms with E-state index in [-0.39, 0.29) is 0 Å². The van der Waals surface area contributed by atoms with Crippen LogP contribution in [0.15, 0.2) is 175 Å². The van der Waals surface area contributed by atoms with Gasteiger partial charge in [0.15, 0.2) is 0 Å². The van der Waals surface area contributed by atoms with Gasteiger partial charge < -0.3 is 15.1 Å². The molecule has 0 spiro atoms. The van der Waals surface area contributed by atoms with E-state index in [0.29, 0.717) is 12.5 Å². The molecule has 0 unspecified atom stereocenters. The summed E-state index contributed by atoms with van der Waals surface area (Å²) in [5.74, 6) is 6.06. The Hall–Kier alpha value is -6.39. The highest BCUT2D eigenvalue weighted by atomic mass is 16.5. The number of hydrogen-bond donors (Lipinski definition) is 1. The molecular weight excluding hydrogens is 599 g/mol. The fourth-order valence-corrected chi connectivity index (χ4v) is 6.76. The van der Waals surface area contributed by atoms with Crippen molar-refractivity contribution >= 4 is 27.7 Å². The van der Waals surface area contributed by atoms with Gasteiger partial charge in [-0.05, 0) is 88.3 Å². The number of rotatable bonds is 7. The lowest BCUT2D eigenvalue weighted by Crippen LogP contribution is -2.09. The predicted octanol–water partition coefficient (Wildman–Crippen LogP) is 10.9. The van der Waals surface area contributed by atoms with Gasteiger partial charge in [0.2, 0.25) is 5.90 Å². The van der Waals surface area contributed by atoms with Gasteiger partial charge in [0, 0.05) is 22.0 Å². The first-order valence-corrected chi connectivity index (χ1v) is 16.5. The van der Waals surface area contributed by atoms with Crippen molar-refractivity contribution in [2.75, 3.05) is 0 Å². The first-order valence-electron chi connectivity index (χ1n) is 16.5. The smallest absolute Gasteiger partial charge is 0.237 e. The number of aromatic nitrogens is 1. The van der Waals surface area contributed by atoms with Gasteiger partial charge in [-0.15, -0.1) is 5.10 Å². The van der Waals surface area contributed by atoms with E-state index in [4.69, 9.17) is 10.6 Å². The van der Waals surface area contributed by atoms with Crippen LogP contribution in [0.3, 0.4) is 0 Å². The summed E-state index contributed by atoms with van der Waals surface area (Å²) in [4.78, 5) is 0. The van der Waals surface area contributed by atoms with Crippen molar-refractivity contribution in [1.29, 1.82) is 0 Å². The molecule has 8 rings (SSSR count). The van der Waals surface area contributed by atoms with Crippen LogP contribution < -0.4 is 5.84 Å². The zero-order valence-electron chi connectivity index (χ0n) is 27.3. The van der Waals surface area contributed by atoms with Crippen molar-refractivity contribution in [2.24, 2.45) is 10.9 Å². The molecule has 0 amide bonds. The largest absolute Gasteiger partial charge is 0.471 e. The Morgan fingerprint density at radius 2 is 1.12 bits per heavy atom. The Bertz CT molecular complexity index is 2440. The Balaban J connectivity index is 1.15. The van der Waals surface area contributed by atoms with Gasteiger partial charge in [0.05, 0.1) is 11.0 Å². The molecule has 1 heterocycles. The van der Waals surface area contributed by atoms with Crippen molar-refractivity contribution in [3.05, 3.63) is 187 Å². The first-order chi connectivity index (χ1) is 24.2. The van der Waals surface area contributed by atoms with E-state index in [2.05, 4.69) is 156 Å². The quantitative estimate of drug-likeness (QED) is 0.0822. The van der Waals surface area contributed by atoms with E-state index in [1.807, 2.05) is 30.3 Å². The molecule has 0 aliphatic heterocycles. The highest BCUT2D eigenvalue weighted by molar-refractivity contribution is 6.11. The van der Waals surface area contributed by atoms with Gasteiger partial charge in [-0.3, -0.25) is 0 Å². The zero-order valence-corrected chi connectivity index (χ0v) is 27.3. The summed E-state index contributed by atoms with van der Waals surface area (Å²) in [6.45, 7) is 2.50. The molecule has 4 heteroatoms. The highest BCUT2D eigenvalue weighted by Crippen LogP contribution is 2.40. The Labute approximate surface area is 286 Å². The second kappa shape index (κ2) is 13.0. The molecule has 0 bridgehead atoms. The van der Waals surface area contributed by atoms with Gasteiger partial charge >= 0.3 is 0 Å². The van der Waals surface area contributed by atoms with E-state index in [1.165, 1.54) is 60.9 Å². The molecular formula is C45H35N3O. The van der Waals surface area contributed by atoms with E-state index >= 15 is 0 Å². The van der Waals surface area contributed by atoms with Crippen molar-refractivity contribution in [3.63, 3.8) is 0 Å². The second-order valence-corrected chi connectivity index (χ2v) is 12.3. The normalized spacial score (nSPS) is 11.7. The molecule has 0 aliphatic carbocycles. The number of nitrogens with zero attached hydrogens (tertiary/aromatic N) is 2. The molecule has 0 fully saturated rings. The van der Waals surface area contributed by atoms with Crippen LogP contribution in [-0.2, 0) is 11.3 Å². The molecule has 7 aromatic carbocycles. The molecule has 8 aromatic rings. The lowest BCUT2D eigenvalue weighted by atomic mass is 9.89. The van der Waals surface area contributed by atoms with Gasteiger partial charge in [0.1, 0.15) is 6.61 Å². The van der Waals surface area contributed by atoms with Crippen LogP contribution in [0.2, 0.25) is 0 Å². The van der Waals surface area contributed by atoms with Crippen LogP contribution in [-0.4, -0.2) is 10.5 Å². The fourth-order valence-electron chi connectivity index (χ4n) is 6.76. The van der Waals surface area contributed by atoms with E-state index < -0.39 is 0 Å². The maximum atomic E-state index is 5.98. The van der Waals surface area contributed by atoms with E-state index in [0.717, 1.165) is 16.7 Å². The van der Waals surface area contributed by atoms with Gasteiger partial charge in [-0.25, -0.2) is 0 Å². The molecule has 0 atom stereocenters. The van der Waals surface area contributed by atoms with Crippen molar-refractivity contribution in [1.82, 2.24) is 4.57 Å². The summed E-state index contributed by atoms with van der Waals surface area (Å²) in [7, 11) is 0. The molecule has 4 nitrogen and oxygen atoms in total. The van der Waals surface area contributed by atoms with Gasteiger partial charge in [-0.2, -0.15) is 0 Å². The lowest BCUT2D eigenvalue weighted by Gasteiger charge is -2.15. The summed E-state index contributed by atoms with van der Waals surface area (Å²) in [5, 5.41) is 6.35. The average Bonchev–Trinajstić information content (AvgIpc) is 3.50. The van der Waals surface area contributed by atoms with Crippen LogP contribution in [0, 0.1) is 6.92 Å². The molecule has 49 heavy (non-hydrogen) atoms. The molecule has 1 aromatic heterocycles. The second-order valence-electron chi connectivity index (χ2n) is 12.3. The number of para-hydroxylation sites is 1. The predicted molar refractivity (Wildman–Crippen MR) is 204 cm³/mol.